The third-order valence-electron chi connectivity index (χ3n) is 8.51. The maximum absolute atomic E-state index is 13.1. The van der Waals surface area contributed by atoms with E-state index in [2.05, 4.69) is 59.1 Å². The molecule has 1 aromatic rings. The van der Waals surface area contributed by atoms with Crippen LogP contribution in [0.15, 0.2) is 12.1 Å². The Kier molecular flexibility index (Phi) is 13.5. The highest BCUT2D eigenvalue weighted by Gasteiger charge is 2.46. The van der Waals surface area contributed by atoms with E-state index >= 15 is 0 Å². The van der Waals surface area contributed by atoms with Gasteiger partial charge in [-0.05, 0) is 33.9 Å². The number of nitrogens with one attached hydrogen (secondary N) is 2. The van der Waals surface area contributed by atoms with Gasteiger partial charge < -0.3 is 10.4 Å². The van der Waals surface area contributed by atoms with E-state index in [4.69, 9.17) is 0 Å². The SMILES string of the molecule is CCCCCCCCCCCCCCCCCC1(Cc2cc(C(C)(C)C)c(O)c(C(C)(C)C)c2)NC(=O)NC1=O. The predicted molar refractivity (Wildman–Crippen MR) is 168 cm³/mol. The van der Waals surface area contributed by atoms with E-state index in [1.807, 2.05) is 12.1 Å². The summed E-state index contributed by atoms with van der Waals surface area (Å²) in [5, 5.41) is 16.6. The van der Waals surface area contributed by atoms with E-state index in [1.165, 1.54) is 83.5 Å². The molecule has 1 saturated heterocycles. The summed E-state index contributed by atoms with van der Waals surface area (Å²) in [7, 11) is 0. The van der Waals surface area contributed by atoms with Crippen LogP contribution in [0.25, 0.3) is 0 Å². The van der Waals surface area contributed by atoms with E-state index in [9.17, 15) is 14.7 Å². The van der Waals surface area contributed by atoms with Gasteiger partial charge >= 0.3 is 6.03 Å². The standard InChI is InChI=1S/C35H60N2O3/c1-8-9-10-11-12-13-14-15-16-17-18-19-20-21-22-23-35(31(39)36-32(40)37-35)26-27-24-28(33(2,3)4)30(38)29(25-27)34(5,6)7/h24-25,38H,8-23,26H2,1-7H3,(H2,36,37,39,40). The van der Waals surface area contributed by atoms with Crippen LogP contribution >= 0.6 is 0 Å². The molecule has 1 unspecified atom stereocenters. The molecule has 0 spiro atoms. The molecule has 0 aliphatic carbocycles. The molecule has 1 aliphatic heterocycles. The number of rotatable bonds is 18. The Bertz CT molecular complexity index is 906. The Morgan fingerprint density at radius 1 is 0.675 bits per heavy atom. The van der Waals surface area contributed by atoms with Crippen LogP contribution in [0, 0.1) is 0 Å². The van der Waals surface area contributed by atoms with Crippen LogP contribution in [0.4, 0.5) is 4.79 Å². The van der Waals surface area contributed by atoms with Gasteiger partial charge in [-0.3, -0.25) is 10.1 Å². The number of amides is 3. The predicted octanol–water partition coefficient (Wildman–Crippen LogP) is 9.37. The van der Waals surface area contributed by atoms with Gasteiger partial charge in [0.2, 0.25) is 0 Å². The molecule has 5 heteroatoms. The average molecular weight is 557 g/mol. The van der Waals surface area contributed by atoms with Crippen LogP contribution in [-0.4, -0.2) is 22.6 Å². The topological polar surface area (TPSA) is 78.4 Å². The molecule has 3 amide bonds. The molecule has 2 rings (SSSR count). The lowest BCUT2D eigenvalue weighted by Crippen LogP contribution is -2.48. The first kappa shape index (κ1) is 34.2. The van der Waals surface area contributed by atoms with E-state index in [-0.39, 0.29) is 16.7 Å². The minimum Gasteiger partial charge on any atom is -0.507 e. The number of hydrogen-bond donors (Lipinski definition) is 3. The zero-order valence-electron chi connectivity index (χ0n) is 26.9. The van der Waals surface area contributed by atoms with Gasteiger partial charge in [0.05, 0.1) is 0 Å². The van der Waals surface area contributed by atoms with Gasteiger partial charge in [0.15, 0.2) is 0 Å². The van der Waals surface area contributed by atoms with Crippen LogP contribution in [-0.2, 0) is 22.0 Å². The Morgan fingerprint density at radius 3 is 1.43 bits per heavy atom. The molecular formula is C35H60N2O3. The Morgan fingerprint density at radius 2 is 1.07 bits per heavy atom. The molecular weight excluding hydrogens is 496 g/mol. The van der Waals surface area contributed by atoms with Crippen molar-refractivity contribution in [3.63, 3.8) is 0 Å². The molecule has 228 valence electrons. The number of hydrogen-bond acceptors (Lipinski definition) is 3. The van der Waals surface area contributed by atoms with Crippen LogP contribution in [0.1, 0.15) is 168 Å². The summed E-state index contributed by atoms with van der Waals surface area (Å²) in [6.45, 7) is 14.8. The monoisotopic (exact) mass is 556 g/mol. The highest BCUT2D eigenvalue weighted by Crippen LogP contribution is 2.41. The maximum Gasteiger partial charge on any atom is 0.322 e. The maximum atomic E-state index is 13.1. The second kappa shape index (κ2) is 15.8. The number of imide groups is 1. The zero-order chi connectivity index (χ0) is 29.8. The number of benzene rings is 1. The van der Waals surface area contributed by atoms with Crippen LogP contribution in [0.5, 0.6) is 5.75 Å². The number of aromatic hydroxyl groups is 1. The summed E-state index contributed by atoms with van der Waals surface area (Å²) >= 11 is 0. The molecule has 1 fully saturated rings. The summed E-state index contributed by atoms with van der Waals surface area (Å²) in [5.74, 6) is 0.102. The number of phenols is 1. The lowest BCUT2D eigenvalue weighted by molar-refractivity contribution is -0.124. The van der Waals surface area contributed by atoms with Crippen molar-refractivity contribution in [2.75, 3.05) is 0 Å². The Labute approximate surface area is 245 Å². The number of unbranched alkanes of at least 4 members (excludes halogenated alkanes) is 14. The largest absolute Gasteiger partial charge is 0.507 e. The smallest absolute Gasteiger partial charge is 0.322 e. The van der Waals surface area contributed by atoms with Gasteiger partial charge in [0, 0.05) is 6.42 Å². The average Bonchev–Trinajstić information content (AvgIpc) is 3.13. The van der Waals surface area contributed by atoms with Gasteiger partial charge in [0.25, 0.3) is 5.91 Å². The van der Waals surface area contributed by atoms with Gasteiger partial charge in [-0.15, -0.1) is 0 Å². The minimum absolute atomic E-state index is 0.231. The number of urea groups is 1. The fraction of sp³-hybridized carbons (Fsp3) is 0.771. The number of phenolic OH excluding ortho intramolecular Hbond substituents is 1. The first-order valence-electron chi connectivity index (χ1n) is 16.3. The second-order valence-electron chi connectivity index (χ2n) is 14.4. The third kappa shape index (κ3) is 10.7. The van der Waals surface area contributed by atoms with E-state index in [0.29, 0.717) is 18.6 Å². The summed E-state index contributed by atoms with van der Waals surface area (Å²) in [6, 6.07) is 3.64. The minimum atomic E-state index is -0.936. The fourth-order valence-electron chi connectivity index (χ4n) is 6.00. The van der Waals surface area contributed by atoms with Crippen molar-refractivity contribution in [2.45, 2.75) is 174 Å². The molecule has 0 aromatic heterocycles. The van der Waals surface area contributed by atoms with Crippen LogP contribution < -0.4 is 10.6 Å². The van der Waals surface area contributed by atoms with Gasteiger partial charge in [-0.2, -0.15) is 0 Å². The summed E-state index contributed by atoms with van der Waals surface area (Å²) < 4.78 is 0. The van der Waals surface area contributed by atoms with E-state index in [0.717, 1.165) is 29.5 Å². The second-order valence-corrected chi connectivity index (χ2v) is 14.4. The normalized spacial score (nSPS) is 17.8. The van der Waals surface area contributed by atoms with Gasteiger partial charge in [-0.1, -0.05) is 157 Å². The van der Waals surface area contributed by atoms with Crippen LogP contribution in [0.3, 0.4) is 0 Å². The summed E-state index contributed by atoms with van der Waals surface area (Å²) in [4.78, 5) is 25.3. The lowest BCUT2D eigenvalue weighted by atomic mass is 9.76. The summed E-state index contributed by atoms with van der Waals surface area (Å²) in [6.07, 6.45) is 20.5. The molecule has 1 aliphatic rings. The molecule has 40 heavy (non-hydrogen) atoms. The van der Waals surface area contributed by atoms with Crippen molar-refractivity contribution in [3.05, 3.63) is 28.8 Å². The van der Waals surface area contributed by atoms with E-state index < -0.39 is 11.6 Å². The van der Waals surface area contributed by atoms with Crippen molar-refractivity contribution in [2.24, 2.45) is 0 Å². The highest BCUT2D eigenvalue weighted by molar-refractivity contribution is 6.07. The van der Waals surface area contributed by atoms with Crippen molar-refractivity contribution in [1.29, 1.82) is 0 Å². The molecule has 5 nitrogen and oxygen atoms in total. The molecule has 1 heterocycles. The Hall–Kier alpha value is -2.04. The van der Waals surface area contributed by atoms with Crippen molar-refractivity contribution in [3.8, 4) is 5.75 Å². The van der Waals surface area contributed by atoms with Crippen molar-refractivity contribution in [1.82, 2.24) is 10.6 Å². The molecule has 0 bridgehead atoms. The molecule has 1 aromatic carbocycles. The fourth-order valence-corrected chi connectivity index (χ4v) is 6.00. The molecule has 3 N–H and O–H groups in total. The van der Waals surface area contributed by atoms with E-state index in [1.54, 1.807) is 0 Å². The first-order valence-corrected chi connectivity index (χ1v) is 16.3. The van der Waals surface area contributed by atoms with Crippen LogP contribution in [0.2, 0.25) is 0 Å². The zero-order valence-corrected chi connectivity index (χ0v) is 26.9. The first-order chi connectivity index (χ1) is 18.8. The number of carbonyl (C=O) groups is 2. The molecule has 1 atom stereocenters. The third-order valence-corrected chi connectivity index (χ3v) is 8.51. The highest BCUT2D eigenvalue weighted by atomic mass is 16.3. The molecule has 0 saturated carbocycles. The Balaban J connectivity index is 1.86. The summed E-state index contributed by atoms with van der Waals surface area (Å²) in [5.41, 5.74) is 1.30. The van der Waals surface area contributed by atoms with Crippen molar-refractivity contribution >= 4 is 11.9 Å². The molecule has 0 radical (unpaired) electrons. The van der Waals surface area contributed by atoms with Gasteiger partial charge in [0.1, 0.15) is 11.3 Å². The number of carbonyl (C=O) groups excluding carboxylic acids is 2. The van der Waals surface area contributed by atoms with Crippen molar-refractivity contribution < 1.29 is 14.7 Å². The quantitative estimate of drug-likeness (QED) is 0.124. The lowest BCUT2D eigenvalue weighted by Gasteiger charge is -2.31. The van der Waals surface area contributed by atoms with Gasteiger partial charge in [-0.25, -0.2) is 4.79 Å².